The van der Waals surface area contributed by atoms with E-state index in [1.54, 1.807) is 44.7 Å². The fraction of sp³-hybridized carbons (Fsp3) is 0.348. The van der Waals surface area contributed by atoms with Crippen LogP contribution in [0.1, 0.15) is 30.9 Å². The maximum absolute atomic E-state index is 13.4. The minimum Gasteiger partial charge on any atom is -0.395 e. The molecule has 12 heteroatoms. The number of carbonyl (C=O) groups is 1. The van der Waals surface area contributed by atoms with Crippen LogP contribution in [0.3, 0.4) is 0 Å². The second-order valence-corrected chi connectivity index (χ2v) is 8.32. The number of rotatable bonds is 5. The van der Waals surface area contributed by atoms with Gasteiger partial charge in [-0.05, 0) is 25.0 Å². The monoisotopic (exact) mass is 471 g/mol. The van der Waals surface area contributed by atoms with Crippen molar-refractivity contribution in [2.24, 2.45) is 0 Å². The van der Waals surface area contributed by atoms with Gasteiger partial charge in [0, 0.05) is 19.3 Å². The van der Waals surface area contributed by atoms with Crippen molar-refractivity contribution in [3.8, 4) is 23.5 Å². The Labute approximate surface area is 198 Å². The van der Waals surface area contributed by atoms with Crippen LogP contribution in [0, 0.1) is 22.7 Å². The number of imidazole rings is 1. The summed E-state index contributed by atoms with van der Waals surface area (Å²) >= 11 is 0. The van der Waals surface area contributed by atoms with Crippen molar-refractivity contribution in [2.45, 2.75) is 31.8 Å². The first-order chi connectivity index (χ1) is 17.0. The highest BCUT2D eigenvalue weighted by molar-refractivity contribution is 5.81. The van der Waals surface area contributed by atoms with Crippen molar-refractivity contribution in [1.29, 1.82) is 10.5 Å². The minimum absolute atomic E-state index is 0.0804. The number of aliphatic hydroxyl groups excluding tert-OH is 1. The molecule has 1 aliphatic heterocycles. The number of nitriles is 2. The molecular formula is C23H21N9O3. The third-order valence-corrected chi connectivity index (χ3v) is 6.27. The molecule has 1 amide bonds. The molecule has 1 fully saturated rings. The van der Waals surface area contributed by atoms with E-state index in [9.17, 15) is 20.0 Å². The lowest BCUT2D eigenvalue weighted by molar-refractivity contribution is -0.131. The van der Waals surface area contributed by atoms with E-state index in [0.717, 1.165) is 0 Å². The molecule has 4 aromatic heterocycles. The smallest absolute Gasteiger partial charge is 0.330 e. The molecule has 0 unspecified atom stereocenters. The summed E-state index contributed by atoms with van der Waals surface area (Å²) in [4.78, 5) is 36.5. The zero-order valence-electron chi connectivity index (χ0n) is 18.7. The SMILES string of the molecule is N#CCC(=O)N1CCC[C@H](n2c(=O)n(CCO)c3cnc(-c4cnn5ccc(C#N)cc45)nc32)C1. The maximum Gasteiger partial charge on any atom is 0.330 e. The summed E-state index contributed by atoms with van der Waals surface area (Å²) in [7, 11) is 0. The number of fused-ring (bicyclic) bond motifs is 2. The van der Waals surface area contributed by atoms with Crippen LogP contribution < -0.4 is 5.69 Å². The largest absolute Gasteiger partial charge is 0.395 e. The van der Waals surface area contributed by atoms with Gasteiger partial charge in [0.15, 0.2) is 11.5 Å². The van der Waals surface area contributed by atoms with Gasteiger partial charge in [0.05, 0.1) is 60.4 Å². The van der Waals surface area contributed by atoms with Gasteiger partial charge in [-0.2, -0.15) is 15.6 Å². The van der Waals surface area contributed by atoms with Gasteiger partial charge in [0.1, 0.15) is 11.9 Å². The Morgan fingerprint density at radius 3 is 2.89 bits per heavy atom. The Bertz CT molecular complexity index is 1580. The summed E-state index contributed by atoms with van der Waals surface area (Å²) in [5.74, 6) is 0.0741. The van der Waals surface area contributed by atoms with Gasteiger partial charge in [-0.3, -0.25) is 13.9 Å². The molecule has 5 rings (SSSR count). The second-order valence-electron chi connectivity index (χ2n) is 8.32. The van der Waals surface area contributed by atoms with Crippen molar-refractivity contribution >= 4 is 22.6 Å². The van der Waals surface area contributed by atoms with Crippen LogP contribution in [-0.4, -0.2) is 64.3 Å². The lowest BCUT2D eigenvalue weighted by Crippen LogP contribution is -2.43. The van der Waals surface area contributed by atoms with Gasteiger partial charge in [-0.1, -0.05) is 0 Å². The van der Waals surface area contributed by atoms with Gasteiger partial charge in [0.2, 0.25) is 5.91 Å². The maximum atomic E-state index is 13.4. The van der Waals surface area contributed by atoms with E-state index in [1.165, 1.54) is 4.57 Å². The van der Waals surface area contributed by atoms with Gasteiger partial charge >= 0.3 is 5.69 Å². The highest BCUT2D eigenvalue weighted by Crippen LogP contribution is 2.27. The van der Waals surface area contributed by atoms with E-state index < -0.39 is 0 Å². The quantitative estimate of drug-likeness (QED) is 0.448. The first kappa shape index (κ1) is 22.3. The zero-order valence-corrected chi connectivity index (χ0v) is 18.7. The predicted octanol–water partition coefficient (Wildman–Crippen LogP) is 0.849. The average molecular weight is 471 g/mol. The summed E-state index contributed by atoms with van der Waals surface area (Å²) in [5, 5.41) is 32.0. The Morgan fingerprint density at radius 2 is 2.11 bits per heavy atom. The summed E-state index contributed by atoms with van der Waals surface area (Å²) in [6, 6.07) is 7.01. The van der Waals surface area contributed by atoms with E-state index in [1.807, 2.05) is 6.07 Å². The van der Waals surface area contributed by atoms with Crippen LogP contribution in [0.2, 0.25) is 0 Å². The average Bonchev–Trinajstić information content (AvgIpc) is 3.42. The third-order valence-electron chi connectivity index (χ3n) is 6.27. The lowest BCUT2D eigenvalue weighted by Gasteiger charge is -2.32. The molecule has 1 aliphatic rings. The second kappa shape index (κ2) is 9.00. The van der Waals surface area contributed by atoms with E-state index in [2.05, 4.69) is 16.2 Å². The van der Waals surface area contributed by atoms with Crippen molar-refractivity contribution in [2.75, 3.05) is 19.7 Å². The molecule has 0 saturated carbocycles. The number of piperidine rings is 1. The number of hydrogen-bond acceptors (Lipinski definition) is 8. The van der Waals surface area contributed by atoms with Crippen LogP contribution in [0.5, 0.6) is 0 Å². The van der Waals surface area contributed by atoms with E-state index in [4.69, 9.17) is 10.2 Å². The van der Waals surface area contributed by atoms with E-state index in [-0.39, 0.29) is 37.2 Å². The zero-order chi connectivity index (χ0) is 24.5. The van der Waals surface area contributed by atoms with E-state index in [0.29, 0.717) is 59.6 Å². The van der Waals surface area contributed by atoms with Gasteiger partial charge < -0.3 is 10.0 Å². The Morgan fingerprint density at radius 1 is 1.26 bits per heavy atom. The van der Waals surface area contributed by atoms with E-state index >= 15 is 0 Å². The topological polar surface area (TPSA) is 158 Å². The van der Waals surface area contributed by atoms with Crippen LogP contribution in [0.15, 0.2) is 35.5 Å². The molecule has 5 heterocycles. The number of aromatic nitrogens is 6. The van der Waals surface area contributed by atoms with Gasteiger partial charge in [-0.25, -0.2) is 19.3 Å². The van der Waals surface area contributed by atoms with Crippen molar-refractivity contribution in [1.82, 2.24) is 33.6 Å². The molecule has 35 heavy (non-hydrogen) atoms. The molecule has 1 atom stereocenters. The number of pyridine rings is 1. The number of likely N-dealkylation sites (tertiary alicyclic amines) is 1. The number of hydrogen-bond donors (Lipinski definition) is 1. The fourth-order valence-electron chi connectivity index (χ4n) is 4.63. The molecule has 0 aromatic carbocycles. The van der Waals surface area contributed by atoms with Crippen molar-refractivity contribution in [3.05, 3.63) is 46.8 Å². The first-order valence-corrected chi connectivity index (χ1v) is 11.2. The molecule has 0 radical (unpaired) electrons. The predicted molar refractivity (Wildman–Crippen MR) is 123 cm³/mol. The molecule has 0 bridgehead atoms. The van der Waals surface area contributed by atoms with Gasteiger partial charge in [0.25, 0.3) is 0 Å². The lowest BCUT2D eigenvalue weighted by atomic mass is 10.1. The van der Waals surface area contributed by atoms with Crippen LogP contribution in [0.25, 0.3) is 28.1 Å². The summed E-state index contributed by atoms with van der Waals surface area (Å²) in [6.45, 7) is 0.672. The van der Waals surface area contributed by atoms with Crippen LogP contribution in [-0.2, 0) is 11.3 Å². The molecule has 176 valence electrons. The Balaban J connectivity index is 1.65. The van der Waals surface area contributed by atoms with Gasteiger partial charge in [-0.15, -0.1) is 0 Å². The summed E-state index contributed by atoms with van der Waals surface area (Å²) in [5.41, 5.74) is 2.25. The number of carbonyl (C=O) groups excluding carboxylic acids is 1. The van der Waals surface area contributed by atoms with Crippen LogP contribution in [0.4, 0.5) is 0 Å². The Kier molecular flexibility index (Phi) is 5.73. The number of nitrogens with zero attached hydrogens (tertiary/aromatic N) is 9. The standard InChI is InChI=1S/C23H21N9O3/c24-5-3-20(34)29-6-1-2-16(14-29)32-22-19(30(8-9-33)23(32)35)13-26-21(28-22)17-12-27-31-7-4-15(11-25)10-18(17)31/h4,7,10,12-13,16,33H,1-3,6,8-9,14H2/t16-/m0/s1. The molecule has 12 nitrogen and oxygen atoms in total. The fourth-order valence-corrected chi connectivity index (χ4v) is 4.63. The molecule has 4 aromatic rings. The summed E-state index contributed by atoms with van der Waals surface area (Å²) in [6.07, 6.45) is 5.97. The van der Waals surface area contributed by atoms with Crippen molar-refractivity contribution < 1.29 is 9.90 Å². The first-order valence-electron chi connectivity index (χ1n) is 11.2. The molecule has 1 N–H and O–H groups in total. The highest BCUT2D eigenvalue weighted by atomic mass is 16.3. The molecule has 0 spiro atoms. The minimum atomic E-state index is -0.341. The normalized spacial score (nSPS) is 15.9. The summed E-state index contributed by atoms with van der Waals surface area (Å²) < 4.78 is 4.61. The molecule has 1 saturated heterocycles. The number of amides is 1. The number of aliphatic hydroxyl groups is 1. The van der Waals surface area contributed by atoms with Crippen LogP contribution >= 0.6 is 0 Å². The molecule has 0 aliphatic carbocycles. The Hall–Kier alpha value is -4.55. The third kappa shape index (κ3) is 3.80. The highest BCUT2D eigenvalue weighted by Gasteiger charge is 2.29. The van der Waals surface area contributed by atoms with Crippen molar-refractivity contribution in [3.63, 3.8) is 0 Å². The molecular weight excluding hydrogens is 450 g/mol.